The number of nitrogens with one attached hydrogen (secondary N) is 1. The van der Waals surface area contributed by atoms with E-state index in [0.29, 0.717) is 31.9 Å². The molecule has 1 saturated heterocycles. The third kappa shape index (κ3) is 9.19. The highest BCUT2D eigenvalue weighted by atomic mass is 32.2. The van der Waals surface area contributed by atoms with Crippen molar-refractivity contribution in [2.45, 2.75) is 19.0 Å². The molecular weight excluding hydrogens is 499 g/mol. The number of hydrogen-bond acceptors (Lipinski definition) is 6. The van der Waals surface area contributed by atoms with Gasteiger partial charge in [0.05, 0.1) is 26.0 Å². The Morgan fingerprint density at radius 1 is 1.05 bits per heavy atom. The summed E-state index contributed by atoms with van der Waals surface area (Å²) in [6.45, 7) is 3.52. The van der Waals surface area contributed by atoms with Crippen LogP contribution >= 0.6 is 0 Å². The maximum atomic E-state index is 13.5. The molecule has 0 unspecified atom stereocenters. The summed E-state index contributed by atoms with van der Waals surface area (Å²) in [5.41, 5.74) is 1.47. The number of halogens is 1. The van der Waals surface area contributed by atoms with Gasteiger partial charge in [0.25, 0.3) is 0 Å². The molecule has 2 aromatic rings. The van der Waals surface area contributed by atoms with Gasteiger partial charge in [0.2, 0.25) is 21.8 Å². The number of benzene rings is 2. The number of likely N-dealkylation sites (N-methyl/N-ethyl adjacent to an activating group) is 1. The average molecular weight is 535 g/mol. The van der Waals surface area contributed by atoms with E-state index in [1.54, 1.807) is 12.1 Å². The van der Waals surface area contributed by atoms with Crippen LogP contribution in [0.2, 0.25) is 0 Å². The molecule has 1 aliphatic heterocycles. The molecule has 0 spiro atoms. The maximum Gasteiger partial charge on any atom is 0.243 e. The minimum absolute atomic E-state index is 0.0189. The highest BCUT2D eigenvalue weighted by molar-refractivity contribution is 7.88. The van der Waals surface area contributed by atoms with E-state index in [-0.39, 0.29) is 18.9 Å². The third-order valence-electron chi connectivity index (χ3n) is 6.29. The van der Waals surface area contributed by atoms with Crippen molar-refractivity contribution < 1.29 is 27.1 Å². The Balaban J connectivity index is 1.85. The molecule has 1 N–H and O–H groups in total. The third-order valence-corrected chi connectivity index (χ3v) is 7.55. The second-order valence-electron chi connectivity index (χ2n) is 9.12. The number of carbonyl (C=O) groups excluding carboxylic acids is 2. The van der Waals surface area contributed by atoms with Gasteiger partial charge in [0.1, 0.15) is 11.9 Å². The van der Waals surface area contributed by atoms with Crippen molar-refractivity contribution in [3.63, 3.8) is 0 Å². The maximum absolute atomic E-state index is 13.5. The van der Waals surface area contributed by atoms with Gasteiger partial charge in [-0.1, -0.05) is 42.5 Å². The minimum Gasteiger partial charge on any atom is -0.379 e. The second kappa shape index (κ2) is 13.6. The zero-order valence-corrected chi connectivity index (χ0v) is 22.1. The predicted molar refractivity (Wildman–Crippen MR) is 139 cm³/mol. The van der Waals surface area contributed by atoms with Gasteiger partial charge in [0, 0.05) is 46.2 Å². The molecule has 0 radical (unpaired) electrons. The molecule has 202 valence electrons. The van der Waals surface area contributed by atoms with E-state index in [4.69, 9.17) is 4.74 Å². The summed E-state index contributed by atoms with van der Waals surface area (Å²) >= 11 is 0. The van der Waals surface area contributed by atoms with Crippen LogP contribution in [0.4, 0.5) is 4.39 Å². The summed E-state index contributed by atoms with van der Waals surface area (Å²) in [5.74, 6) is -1.28. The Morgan fingerprint density at radius 3 is 2.32 bits per heavy atom. The molecule has 0 saturated carbocycles. The quantitative estimate of drug-likeness (QED) is 0.438. The molecule has 0 aliphatic carbocycles. The number of nitrogens with zero attached hydrogens (tertiary/aromatic N) is 3. The first kappa shape index (κ1) is 28.7. The smallest absolute Gasteiger partial charge is 0.243 e. The molecular formula is C26H35FN4O5S. The number of sulfonamides is 1. The van der Waals surface area contributed by atoms with Gasteiger partial charge in [-0.15, -0.1) is 0 Å². The Morgan fingerprint density at radius 2 is 1.70 bits per heavy atom. The summed E-state index contributed by atoms with van der Waals surface area (Å²) in [7, 11) is -2.30. The lowest BCUT2D eigenvalue weighted by Gasteiger charge is -2.33. The summed E-state index contributed by atoms with van der Waals surface area (Å²) < 4.78 is 43.8. The van der Waals surface area contributed by atoms with Gasteiger partial charge < -0.3 is 15.0 Å². The van der Waals surface area contributed by atoms with Crippen LogP contribution in [0.5, 0.6) is 0 Å². The lowest BCUT2D eigenvalue weighted by molar-refractivity contribution is -0.141. The first-order valence-corrected chi connectivity index (χ1v) is 14.1. The number of carbonyl (C=O) groups is 2. The van der Waals surface area contributed by atoms with Gasteiger partial charge in [-0.05, 0) is 23.3 Å². The van der Waals surface area contributed by atoms with Gasteiger partial charge in [-0.25, -0.2) is 12.8 Å². The SMILES string of the molecule is CN(CC(=O)N(Cc1ccc(F)cc1)[C@@H](Cc1ccccc1)C(=O)NCCN1CCOCC1)S(C)(=O)=O. The molecule has 0 aromatic heterocycles. The highest BCUT2D eigenvalue weighted by Gasteiger charge is 2.32. The lowest BCUT2D eigenvalue weighted by Crippen LogP contribution is -2.53. The Bertz CT molecular complexity index is 1130. The van der Waals surface area contributed by atoms with Crippen molar-refractivity contribution >= 4 is 21.8 Å². The molecule has 2 amide bonds. The molecule has 37 heavy (non-hydrogen) atoms. The van der Waals surface area contributed by atoms with Crippen LogP contribution in [0, 0.1) is 5.82 Å². The summed E-state index contributed by atoms with van der Waals surface area (Å²) in [4.78, 5) is 30.6. The van der Waals surface area contributed by atoms with E-state index in [0.717, 1.165) is 29.2 Å². The first-order chi connectivity index (χ1) is 17.6. The van der Waals surface area contributed by atoms with E-state index in [1.165, 1.54) is 24.1 Å². The monoisotopic (exact) mass is 534 g/mol. The van der Waals surface area contributed by atoms with Gasteiger partial charge in [0.15, 0.2) is 0 Å². The van der Waals surface area contributed by atoms with Crippen molar-refractivity contribution in [2.24, 2.45) is 0 Å². The van der Waals surface area contributed by atoms with Crippen LogP contribution in [0.25, 0.3) is 0 Å². The van der Waals surface area contributed by atoms with Crippen molar-refractivity contribution in [1.29, 1.82) is 0 Å². The topological polar surface area (TPSA) is 99.3 Å². The van der Waals surface area contributed by atoms with Crippen molar-refractivity contribution in [3.8, 4) is 0 Å². The normalized spacial score (nSPS) is 15.4. The Hall–Kier alpha value is -2.86. The zero-order valence-electron chi connectivity index (χ0n) is 21.3. The average Bonchev–Trinajstić information content (AvgIpc) is 2.87. The van der Waals surface area contributed by atoms with Crippen LogP contribution in [0.15, 0.2) is 54.6 Å². The first-order valence-electron chi connectivity index (χ1n) is 12.2. The fourth-order valence-electron chi connectivity index (χ4n) is 4.02. The van der Waals surface area contributed by atoms with Gasteiger partial charge in [-0.2, -0.15) is 4.31 Å². The summed E-state index contributed by atoms with van der Waals surface area (Å²) in [6.07, 6.45) is 1.25. The lowest BCUT2D eigenvalue weighted by atomic mass is 10.0. The molecule has 1 heterocycles. The summed E-state index contributed by atoms with van der Waals surface area (Å²) in [5, 5.41) is 2.96. The van der Waals surface area contributed by atoms with E-state index >= 15 is 0 Å². The summed E-state index contributed by atoms with van der Waals surface area (Å²) in [6, 6.07) is 14.1. The molecule has 9 nitrogen and oxygen atoms in total. The largest absolute Gasteiger partial charge is 0.379 e. The second-order valence-corrected chi connectivity index (χ2v) is 11.2. The van der Waals surface area contributed by atoms with E-state index in [9.17, 15) is 22.4 Å². The van der Waals surface area contributed by atoms with Crippen LogP contribution in [-0.2, 0) is 37.3 Å². The molecule has 2 aromatic carbocycles. The van der Waals surface area contributed by atoms with Gasteiger partial charge in [-0.3, -0.25) is 14.5 Å². The van der Waals surface area contributed by atoms with Crippen LogP contribution < -0.4 is 5.32 Å². The standard InChI is InChI=1S/C26H35FN4O5S/c1-29(37(2,34)35)20-25(32)31(19-22-8-10-23(27)11-9-22)24(18-21-6-4-3-5-7-21)26(33)28-12-13-30-14-16-36-17-15-30/h3-11,24H,12-20H2,1-2H3,(H,28,33)/t24-/m0/s1. The molecule has 0 bridgehead atoms. The van der Waals surface area contributed by atoms with E-state index in [2.05, 4.69) is 10.2 Å². The van der Waals surface area contributed by atoms with Crippen LogP contribution in [-0.4, -0.2) is 99.6 Å². The molecule has 1 fully saturated rings. The minimum atomic E-state index is -3.62. The molecule has 1 atom stereocenters. The number of hydrogen-bond donors (Lipinski definition) is 1. The van der Waals surface area contributed by atoms with Crippen LogP contribution in [0.1, 0.15) is 11.1 Å². The van der Waals surface area contributed by atoms with E-state index in [1.807, 2.05) is 30.3 Å². The fraction of sp³-hybridized carbons (Fsp3) is 0.462. The molecule has 1 aliphatic rings. The molecule has 11 heteroatoms. The van der Waals surface area contributed by atoms with Crippen molar-refractivity contribution in [3.05, 3.63) is 71.5 Å². The van der Waals surface area contributed by atoms with Crippen molar-refractivity contribution in [2.75, 3.05) is 59.2 Å². The van der Waals surface area contributed by atoms with Crippen molar-refractivity contribution in [1.82, 2.24) is 19.4 Å². The highest BCUT2D eigenvalue weighted by Crippen LogP contribution is 2.16. The number of morpholine rings is 1. The number of rotatable bonds is 12. The van der Waals surface area contributed by atoms with E-state index < -0.39 is 34.3 Å². The number of ether oxygens (including phenoxy) is 1. The number of amides is 2. The Labute approximate surface area is 218 Å². The van der Waals surface area contributed by atoms with Gasteiger partial charge >= 0.3 is 0 Å². The zero-order chi connectivity index (χ0) is 26.8. The fourth-order valence-corrected chi connectivity index (χ4v) is 4.36. The molecule has 3 rings (SSSR count). The van der Waals surface area contributed by atoms with Crippen LogP contribution in [0.3, 0.4) is 0 Å². The Kier molecular flexibility index (Phi) is 10.6. The predicted octanol–water partition coefficient (Wildman–Crippen LogP) is 1.11.